The van der Waals surface area contributed by atoms with E-state index in [0.717, 1.165) is 42.8 Å². The van der Waals surface area contributed by atoms with Crippen molar-refractivity contribution in [1.29, 1.82) is 0 Å². The highest BCUT2D eigenvalue weighted by atomic mass is 35.5. The third-order valence-electron chi connectivity index (χ3n) is 3.26. The van der Waals surface area contributed by atoms with Crippen molar-refractivity contribution in [2.75, 3.05) is 6.54 Å². The molecule has 6 nitrogen and oxygen atoms in total. The van der Waals surface area contributed by atoms with Gasteiger partial charge in [-0.2, -0.15) is 0 Å². The molecule has 0 unspecified atom stereocenters. The fraction of sp³-hybridized carbons (Fsp3) is 0.357. The zero-order valence-corrected chi connectivity index (χ0v) is 12.4. The Morgan fingerprint density at radius 3 is 2.86 bits per heavy atom. The second-order valence-corrected chi connectivity index (χ2v) is 5.43. The topological polar surface area (TPSA) is 74.0 Å². The van der Waals surface area contributed by atoms with Crippen molar-refractivity contribution in [2.24, 2.45) is 5.73 Å². The smallest absolute Gasteiger partial charge is 0.137 e. The minimum Gasteiger partial charge on any atom is -0.330 e. The standard InChI is InChI=1S/C14H17ClN6/c15-11-4-5-14-17-13(8-20(14)7-11)10-21-9-12(18-19-21)3-1-2-6-16/h4-5,7-9H,1-3,6,10,16H2. The minimum absolute atomic E-state index is 0.600. The molecule has 0 aliphatic rings. The summed E-state index contributed by atoms with van der Waals surface area (Å²) in [5.41, 5.74) is 8.28. The van der Waals surface area contributed by atoms with Gasteiger partial charge in [0.05, 0.1) is 23.0 Å². The van der Waals surface area contributed by atoms with Crippen LogP contribution < -0.4 is 5.73 Å². The van der Waals surface area contributed by atoms with Crippen LogP contribution in [0.2, 0.25) is 5.02 Å². The Morgan fingerprint density at radius 1 is 1.10 bits per heavy atom. The van der Waals surface area contributed by atoms with E-state index in [1.807, 2.05) is 35.1 Å². The fourth-order valence-corrected chi connectivity index (χ4v) is 2.41. The summed E-state index contributed by atoms with van der Waals surface area (Å²) in [5, 5.41) is 9.00. The van der Waals surface area contributed by atoms with Crippen LogP contribution >= 0.6 is 11.6 Å². The highest BCUT2D eigenvalue weighted by Crippen LogP contribution is 2.12. The quantitative estimate of drug-likeness (QED) is 0.706. The van der Waals surface area contributed by atoms with Gasteiger partial charge in [0, 0.05) is 18.6 Å². The maximum atomic E-state index is 5.97. The van der Waals surface area contributed by atoms with Gasteiger partial charge in [0.2, 0.25) is 0 Å². The Bertz CT molecular complexity index is 732. The van der Waals surface area contributed by atoms with Gasteiger partial charge in [0.15, 0.2) is 0 Å². The molecule has 0 fully saturated rings. The number of aryl methyl sites for hydroxylation is 1. The lowest BCUT2D eigenvalue weighted by molar-refractivity contribution is 0.640. The first-order valence-electron chi connectivity index (χ1n) is 6.97. The first kappa shape index (κ1) is 14.0. The highest BCUT2D eigenvalue weighted by molar-refractivity contribution is 6.30. The molecule has 0 radical (unpaired) electrons. The zero-order valence-electron chi connectivity index (χ0n) is 11.6. The van der Waals surface area contributed by atoms with Crippen LogP contribution in [0.25, 0.3) is 5.65 Å². The second kappa shape index (κ2) is 6.24. The van der Waals surface area contributed by atoms with Crippen LogP contribution in [0.4, 0.5) is 0 Å². The van der Waals surface area contributed by atoms with E-state index < -0.39 is 0 Å². The van der Waals surface area contributed by atoms with E-state index in [9.17, 15) is 0 Å². The molecule has 3 aromatic rings. The van der Waals surface area contributed by atoms with Crippen molar-refractivity contribution in [2.45, 2.75) is 25.8 Å². The summed E-state index contributed by atoms with van der Waals surface area (Å²) < 4.78 is 3.72. The van der Waals surface area contributed by atoms with Gasteiger partial charge in [-0.15, -0.1) is 5.10 Å². The summed E-state index contributed by atoms with van der Waals surface area (Å²) >= 11 is 5.97. The Balaban J connectivity index is 1.70. The predicted octanol–water partition coefficient (Wildman–Crippen LogP) is 1.91. The van der Waals surface area contributed by atoms with E-state index in [-0.39, 0.29) is 0 Å². The van der Waals surface area contributed by atoms with Gasteiger partial charge < -0.3 is 10.1 Å². The van der Waals surface area contributed by atoms with E-state index in [1.54, 1.807) is 4.68 Å². The van der Waals surface area contributed by atoms with Crippen LogP contribution in [-0.4, -0.2) is 30.9 Å². The van der Waals surface area contributed by atoms with E-state index in [4.69, 9.17) is 17.3 Å². The molecule has 0 atom stereocenters. The van der Waals surface area contributed by atoms with Crippen LogP contribution in [0, 0.1) is 0 Å². The molecular formula is C14H17ClN6. The van der Waals surface area contributed by atoms with Crippen LogP contribution in [0.1, 0.15) is 24.2 Å². The van der Waals surface area contributed by atoms with E-state index in [0.29, 0.717) is 11.6 Å². The molecule has 3 rings (SSSR count). The number of nitrogens with two attached hydrogens (primary N) is 1. The maximum Gasteiger partial charge on any atom is 0.137 e. The van der Waals surface area contributed by atoms with Crippen molar-refractivity contribution in [3.8, 4) is 0 Å². The molecule has 0 saturated heterocycles. The Morgan fingerprint density at radius 2 is 2.00 bits per heavy atom. The van der Waals surface area contributed by atoms with Crippen molar-refractivity contribution < 1.29 is 0 Å². The number of fused-ring (bicyclic) bond motifs is 1. The van der Waals surface area contributed by atoms with Crippen LogP contribution in [-0.2, 0) is 13.0 Å². The van der Waals surface area contributed by atoms with E-state index >= 15 is 0 Å². The average molecular weight is 305 g/mol. The number of hydrogen-bond acceptors (Lipinski definition) is 4. The third kappa shape index (κ3) is 3.40. The molecule has 110 valence electrons. The van der Waals surface area contributed by atoms with E-state index in [2.05, 4.69) is 15.3 Å². The molecule has 7 heteroatoms. The monoisotopic (exact) mass is 304 g/mol. The minimum atomic E-state index is 0.600. The van der Waals surface area contributed by atoms with Gasteiger partial charge in [-0.25, -0.2) is 9.67 Å². The number of pyridine rings is 1. The summed E-state index contributed by atoms with van der Waals surface area (Å²) in [7, 11) is 0. The van der Waals surface area contributed by atoms with Gasteiger partial charge in [0.1, 0.15) is 5.65 Å². The van der Waals surface area contributed by atoms with Gasteiger partial charge >= 0.3 is 0 Å². The average Bonchev–Trinajstić information content (AvgIpc) is 3.05. The van der Waals surface area contributed by atoms with Crippen molar-refractivity contribution in [3.63, 3.8) is 0 Å². The number of unbranched alkanes of at least 4 members (excludes halogenated alkanes) is 1. The molecular weight excluding hydrogens is 288 g/mol. The molecule has 0 aromatic carbocycles. The van der Waals surface area contributed by atoms with Crippen LogP contribution in [0.5, 0.6) is 0 Å². The molecule has 2 N–H and O–H groups in total. The van der Waals surface area contributed by atoms with Crippen LogP contribution in [0.3, 0.4) is 0 Å². The number of rotatable bonds is 6. The number of aromatic nitrogens is 5. The zero-order chi connectivity index (χ0) is 14.7. The van der Waals surface area contributed by atoms with Crippen molar-refractivity contribution in [3.05, 3.63) is 47.1 Å². The number of hydrogen-bond donors (Lipinski definition) is 1. The predicted molar refractivity (Wildman–Crippen MR) is 81.3 cm³/mol. The van der Waals surface area contributed by atoms with E-state index in [1.165, 1.54) is 0 Å². The lowest BCUT2D eigenvalue weighted by atomic mass is 10.2. The number of imidazole rings is 1. The van der Waals surface area contributed by atoms with Gasteiger partial charge in [-0.1, -0.05) is 16.8 Å². The molecule has 0 amide bonds. The molecule has 0 aliphatic heterocycles. The van der Waals surface area contributed by atoms with Crippen LogP contribution in [0.15, 0.2) is 30.7 Å². The molecule has 0 spiro atoms. The molecule has 3 heterocycles. The number of halogens is 1. The Kier molecular flexibility index (Phi) is 4.17. The molecule has 0 aliphatic carbocycles. The summed E-state index contributed by atoms with van der Waals surface area (Å²) in [6.45, 7) is 1.32. The summed E-state index contributed by atoms with van der Waals surface area (Å²) in [6.07, 6.45) is 8.73. The lowest BCUT2D eigenvalue weighted by Gasteiger charge is -1.95. The SMILES string of the molecule is NCCCCc1cn(Cc2cn3cc(Cl)ccc3n2)nn1. The maximum absolute atomic E-state index is 5.97. The molecule has 0 saturated carbocycles. The first-order valence-corrected chi connectivity index (χ1v) is 7.34. The fourth-order valence-electron chi connectivity index (χ4n) is 2.24. The normalized spacial score (nSPS) is 11.3. The lowest BCUT2D eigenvalue weighted by Crippen LogP contribution is -2.00. The largest absolute Gasteiger partial charge is 0.330 e. The first-order chi connectivity index (χ1) is 10.2. The summed E-state index contributed by atoms with van der Waals surface area (Å²) in [4.78, 5) is 4.53. The van der Waals surface area contributed by atoms with Crippen molar-refractivity contribution >= 4 is 17.2 Å². The van der Waals surface area contributed by atoms with Gasteiger partial charge in [-0.3, -0.25) is 0 Å². The highest BCUT2D eigenvalue weighted by Gasteiger charge is 2.05. The van der Waals surface area contributed by atoms with Crippen molar-refractivity contribution in [1.82, 2.24) is 24.4 Å². The second-order valence-electron chi connectivity index (χ2n) is 5.00. The summed E-state index contributed by atoms with van der Waals surface area (Å²) in [5.74, 6) is 0. The van der Waals surface area contributed by atoms with Gasteiger partial charge in [-0.05, 0) is 37.9 Å². The number of nitrogens with zero attached hydrogens (tertiary/aromatic N) is 5. The van der Waals surface area contributed by atoms with Gasteiger partial charge in [0.25, 0.3) is 0 Å². The third-order valence-corrected chi connectivity index (χ3v) is 3.49. The molecule has 3 aromatic heterocycles. The summed E-state index contributed by atoms with van der Waals surface area (Å²) in [6, 6.07) is 3.73. The molecule has 21 heavy (non-hydrogen) atoms. The Labute approximate surface area is 127 Å². The Hall–Kier alpha value is -1.92. The molecule has 0 bridgehead atoms.